The van der Waals surface area contributed by atoms with Gasteiger partial charge < -0.3 is 0 Å². The Labute approximate surface area is 122 Å². The zero-order valence-electron chi connectivity index (χ0n) is 11.0. The molecular weight excluding hydrogens is 289 g/mol. The van der Waals surface area contributed by atoms with E-state index in [0.717, 1.165) is 0 Å². The van der Waals surface area contributed by atoms with Crippen LogP contribution in [0.15, 0.2) is 59.5 Å². The second kappa shape index (κ2) is 4.97. The molecular formula is C16H12FNO2S. The van der Waals surface area contributed by atoms with Crippen molar-refractivity contribution in [3.8, 4) is 6.07 Å². The predicted molar refractivity (Wildman–Crippen MR) is 75.7 cm³/mol. The molecule has 3 atom stereocenters. The summed E-state index contributed by atoms with van der Waals surface area (Å²) >= 11 is 0. The summed E-state index contributed by atoms with van der Waals surface area (Å²) in [4.78, 5) is 0.222. The SMILES string of the molecule is N#C[C@@H]1[C@@H](c2ccc(F)cc2)[C@@H]1S(=O)(=O)c1ccccc1. The summed E-state index contributed by atoms with van der Waals surface area (Å²) in [7, 11) is -3.55. The highest BCUT2D eigenvalue weighted by Crippen LogP contribution is 2.53. The van der Waals surface area contributed by atoms with Gasteiger partial charge in [-0.25, -0.2) is 12.8 Å². The lowest BCUT2D eigenvalue weighted by atomic mass is 10.1. The van der Waals surface area contributed by atoms with E-state index in [9.17, 15) is 18.1 Å². The van der Waals surface area contributed by atoms with Crippen LogP contribution in [0, 0.1) is 23.1 Å². The number of hydrogen-bond acceptors (Lipinski definition) is 3. The number of sulfone groups is 1. The smallest absolute Gasteiger partial charge is 0.183 e. The van der Waals surface area contributed by atoms with Gasteiger partial charge in [-0.2, -0.15) is 5.26 Å². The van der Waals surface area contributed by atoms with Gasteiger partial charge in [0, 0.05) is 5.92 Å². The van der Waals surface area contributed by atoms with Crippen molar-refractivity contribution in [1.82, 2.24) is 0 Å². The second-order valence-corrected chi connectivity index (χ2v) is 7.16. The molecule has 106 valence electrons. The second-order valence-electron chi connectivity index (χ2n) is 5.05. The fourth-order valence-corrected chi connectivity index (χ4v) is 4.76. The first-order valence-corrected chi connectivity index (χ1v) is 8.04. The highest BCUT2D eigenvalue weighted by molar-refractivity contribution is 7.92. The first-order valence-electron chi connectivity index (χ1n) is 6.50. The number of halogens is 1. The van der Waals surface area contributed by atoms with Crippen LogP contribution in [0.4, 0.5) is 4.39 Å². The molecule has 1 aliphatic carbocycles. The minimum Gasteiger partial charge on any atom is -0.223 e. The third-order valence-corrected chi connectivity index (χ3v) is 6.02. The van der Waals surface area contributed by atoms with Gasteiger partial charge in [0.15, 0.2) is 9.84 Å². The van der Waals surface area contributed by atoms with E-state index >= 15 is 0 Å². The summed E-state index contributed by atoms with van der Waals surface area (Å²) in [5.41, 5.74) is 0.687. The molecule has 0 spiro atoms. The highest BCUT2D eigenvalue weighted by Gasteiger charge is 2.59. The maximum Gasteiger partial charge on any atom is 0.183 e. The minimum absolute atomic E-state index is 0.222. The van der Waals surface area contributed by atoms with Crippen molar-refractivity contribution in [2.75, 3.05) is 0 Å². The summed E-state index contributed by atoms with van der Waals surface area (Å²) in [6.45, 7) is 0. The van der Waals surface area contributed by atoms with Crippen molar-refractivity contribution in [2.45, 2.75) is 16.1 Å². The molecule has 0 aromatic heterocycles. The fraction of sp³-hybridized carbons (Fsp3) is 0.188. The van der Waals surface area contributed by atoms with Crippen LogP contribution in [0.2, 0.25) is 0 Å². The molecule has 2 aromatic carbocycles. The summed E-state index contributed by atoms with van der Waals surface area (Å²) in [6.07, 6.45) is 0. The number of benzene rings is 2. The van der Waals surface area contributed by atoms with E-state index in [0.29, 0.717) is 5.56 Å². The molecule has 1 fully saturated rings. The van der Waals surface area contributed by atoms with Gasteiger partial charge in [0.05, 0.1) is 22.1 Å². The Morgan fingerprint density at radius 3 is 2.19 bits per heavy atom. The van der Waals surface area contributed by atoms with Crippen LogP contribution in [0.3, 0.4) is 0 Å². The number of hydrogen-bond donors (Lipinski definition) is 0. The maximum atomic E-state index is 13.0. The molecule has 0 N–H and O–H groups in total. The van der Waals surface area contributed by atoms with Crippen molar-refractivity contribution in [3.63, 3.8) is 0 Å². The first-order chi connectivity index (χ1) is 10.1. The van der Waals surface area contributed by atoms with E-state index in [1.807, 2.05) is 0 Å². The Balaban J connectivity index is 1.96. The van der Waals surface area contributed by atoms with Gasteiger partial charge in [-0.15, -0.1) is 0 Å². The van der Waals surface area contributed by atoms with Gasteiger partial charge in [-0.3, -0.25) is 0 Å². The van der Waals surface area contributed by atoms with Crippen LogP contribution < -0.4 is 0 Å². The molecule has 1 aliphatic rings. The Morgan fingerprint density at radius 2 is 1.62 bits per heavy atom. The van der Waals surface area contributed by atoms with Gasteiger partial charge in [0.1, 0.15) is 5.82 Å². The van der Waals surface area contributed by atoms with E-state index in [4.69, 9.17) is 0 Å². The number of rotatable bonds is 3. The minimum atomic E-state index is -3.55. The monoisotopic (exact) mass is 301 g/mol. The largest absolute Gasteiger partial charge is 0.223 e. The highest BCUT2D eigenvalue weighted by atomic mass is 32.2. The lowest BCUT2D eigenvalue weighted by Crippen LogP contribution is -2.10. The van der Waals surface area contributed by atoms with Crippen LogP contribution in [0.5, 0.6) is 0 Å². The van der Waals surface area contributed by atoms with Gasteiger partial charge in [0.2, 0.25) is 0 Å². The topological polar surface area (TPSA) is 57.9 Å². The van der Waals surface area contributed by atoms with Crippen LogP contribution in [0.1, 0.15) is 11.5 Å². The zero-order valence-corrected chi connectivity index (χ0v) is 11.8. The standard InChI is InChI=1S/C16H12FNO2S/c17-12-8-6-11(7-9-12)15-14(10-18)16(15)21(19,20)13-4-2-1-3-5-13/h1-9,14-16H/t14-,15-,16-/m1/s1. The summed E-state index contributed by atoms with van der Waals surface area (Å²) in [5, 5.41) is 8.43. The predicted octanol–water partition coefficient (Wildman–Crippen LogP) is 2.91. The average Bonchev–Trinajstić information content (AvgIpc) is 3.24. The molecule has 1 saturated carbocycles. The molecule has 0 heterocycles. The first kappa shape index (κ1) is 13.8. The van der Waals surface area contributed by atoms with Crippen LogP contribution in [-0.2, 0) is 9.84 Å². The number of nitriles is 1. The van der Waals surface area contributed by atoms with Gasteiger partial charge in [0.25, 0.3) is 0 Å². The molecule has 0 radical (unpaired) electrons. The van der Waals surface area contributed by atoms with Crippen molar-refractivity contribution in [1.29, 1.82) is 5.26 Å². The maximum absolute atomic E-state index is 13.0. The molecule has 0 amide bonds. The van der Waals surface area contributed by atoms with Gasteiger partial charge in [-0.05, 0) is 29.8 Å². The van der Waals surface area contributed by atoms with Gasteiger partial charge in [-0.1, -0.05) is 30.3 Å². The summed E-state index contributed by atoms with van der Waals surface area (Å²) in [5.74, 6) is -1.35. The molecule has 5 heteroatoms. The third kappa shape index (κ3) is 2.32. The van der Waals surface area contributed by atoms with Crippen molar-refractivity contribution in [3.05, 3.63) is 66.0 Å². The van der Waals surface area contributed by atoms with Crippen LogP contribution >= 0.6 is 0 Å². The molecule has 3 nitrogen and oxygen atoms in total. The molecule has 0 bridgehead atoms. The van der Waals surface area contributed by atoms with Crippen molar-refractivity contribution >= 4 is 9.84 Å². The van der Waals surface area contributed by atoms with Crippen molar-refractivity contribution < 1.29 is 12.8 Å². The fourth-order valence-electron chi connectivity index (χ4n) is 2.67. The van der Waals surface area contributed by atoms with Crippen LogP contribution in [-0.4, -0.2) is 13.7 Å². The van der Waals surface area contributed by atoms with Gasteiger partial charge >= 0.3 is 0 Å². The molecule has 0 saturated heterocycles. The zero-order chi connectivity index (χ0) is 15.0. The van der Waals surface area contributed by atoms with Crippen molar-refractivity contribution in [2.24, 2.45) is 5.92 Å². The summed E-state index contributed by atoms with van der Waals surface area (Å²) < 4.78 is 38.1. The Kier molecular flexibility index (Phi) is 3.26. The molecule has 2 aromatic rings. The lowest BCUT2D eigenvalue weighted by Gasteiger charge is -2.03. The Hall–Kier alpha value is -2.19. The lowest BCUT2D eigenvalue weighted by molar-refractivity contribution is 0.593. The average molecular weight is 301 g/mol. The summed E-state index contributed by atoms with van der Waals surface area (Å²) in [6, 6.07) is 15.8. The van der Waals surface area contributed by atoms with E-state index in [1.54, 1.807) is 30.3 Å². The molecule has 21 heavy (non-hydrogen) atoms. The van der Waals surface area contributed by atoms with E-state index in [2.05, 4.69) is 6.07 Å². The van der Waals surface area contributed by atoms with E-state index in [1.165, 1.54) is 24.3 Å². The molecule has 0 aliphatic heterocycles. The Morgan fingerprint density at radius 1 is 1.00 bits per heavy atom. The normalized spacial score (nSPS) is 24.3. The molecule has 0 unspecified atom stereocenters. The quantitative estimate of drug-likeness (QED) is 0.876. The van der Waals surface area contributed by atoms with Crippen LogP contribution in [0.25, 0.3) is 0 Å². The number of nitrogens with zero attached hydrogens (tertiary/aromatic N) is 1. The Bertz CT molecular complexity index is 794. The van der Waals surface area contributed by atoms with E-state index in [-0.39, 0.29) is 16.6 Å². The molecule has 3 rings (SSSR count). The third-order valence-electron chi connectivity index (χ3n) is 3.79. The van der Waals surface area contributed by atoms with E-state index < -0.39 is 21.0 Å².